The Balaban J connectivity index is 1.78. The van der Waals surface area contributed by atoms with Crippen molar-refractivity contribution >= 4 is 21.8 Å². The van der Waals surface area contributed by atoms with Crippen LogP contribution in [0.5, 0.6) is 0 Å². The highest BCUT2D eigenvalue weighted by Crippen LogP contribution is 2.42. The fraction of sp³-hybridized carbons (Fsp3) is 0.167. The Morgan fingerprint density at radius 2 is 1.11 bits per heavy atom. The molecule has 1 nitrogen and oxygen atoms in total. The molecule has 0 aliphatic heterocycles. The third kappa shape index (κ3) is 3.96. The summed E-state index contributed by atoms with van der Waals surface area (Å²) < 4.78 is 2.51. The first-order valence-corrected chi connectivity index (χ1v) is 13.1. The van der Waals surface area contributed by atoms with Crippen LogP contribution in [0.15, 0.2) is 109 Å². The molecule has 1 aromatic heterocycles. The molecule has 0 fully saturated rings. The summed E-state index contributed by atoms with van der Waals surface area (Å²) in [6.45, 7) is 11.4. The minimum absolute atomic E-state index is 0.106. The zero-order valence-corrected chi connectivity index (χ0v) is 22.3. The smallest absolute Gasteiger partial charge is 0.0620 e. The minimum atomic E-state index is 0.106. The number of rotatable bonds is 3. The van der Waals surface area contributed by atoms with E-state index in [1.165, 1.54) is 66.4 Å². The van der Waals surface area contributed by atoms with Crippen molar-refractivity contribution in [2.24, 2.45) is 0 Å². The van der Waals surface area contributed by atoms with Crippen LogP contribution < -0.4 is 0 Å². The van der Waals surface area contributed by atoms with Gasteiger partial charge in [0.15, 0.2) is 0 Å². The monoisotopic (exact) mass is 479 g/mol. The van der Waals surface area contributed by atoms with Gasteiger partial charge < -0.3 is 4.57 Å². The maximum absolute atomic E-state index is 2.51. The van der Waals surface area contributed by atoms with Crippen molar-refractivity contribution in [3.8, 4) is 27.9 Å². The Morgan fingerprint density at radius 1 is 0.541 bits per heavy atom. The number of para-hydroxylation sites is 1. The highest BCUT2D eigenvalue weighted by molar-refractivity contribution is 6.15. The van der Waals surface area contributed by atoms with Gasteiger partial charge in [0.1, 0.15) is 0 Å². The van der Waals surface area contributed by atoms with Gasteiger partial charge in [-0.05, 0) is 70.8 Å². The van der Waals surface area contributed by atoms with E-state index < -0.39 is 0 Å². The van der Waals surface area contributed by atoms with Gasteiger partial charge in [0.25, 0.3) is 0 Å². The van der Waals surface area contributed by atoms with Gasteiger partial charge in [0.05, 0.1) is 16.7 Å². The molecule has 1 heteroatoms. The first-order valence-electron chi connectivity index (χ1n) is 13.1. The fourth-order valence-corrected chi connectivity index (χ4v) is 5.71. The van der Waals surface area contributed by atoms with Crippen molar-refractivity contribution in [1.82, 2.24) is 4.57 Å². The van der Waals surface area contributed by atoms with Crippen LogP contribution in [0.4, 0.5) is 0 Å². The summed E-state index contributed by atoms with van der Waals surface area (Å²) in [6, 6.07) is 39.9. The molecule has 6 aromatic rings. The lowest BCUT2D eigenvalue weighted by atomic mass is 9.84. The predicted octanol–water partition coefficient (Wildman–Crippen LogP) is 10.0. The van der Waals surface area contributed by atoms with Crippen LogP contribution in [-0.4, -0.2) is 4.57 Å². The minimum Gasteiger partial charge on any atom is -0.308 e. The van der Waals surface area contributed by atoms with E-state index >= 15 is 0 Å². The molecule has 6 rings (SSSR count). The summed E-state index contributed by atoms with van der Waals surface area (Å²) >= 11 is 0. The third-order valence-electron chi connectivity index (χ3n) is 7.54. The van der Waals surface area contributed by atoms with E-state index in [2.05, 4.69) is 148 Å². The van der Waals surface area contributed by atoms with E-state index in [9.17, 15) is 0 Å². The number of nitrogens with zero attached hydrogens (tertiary/aromatic N) is 1. The Kier molecular flexibility index (Phi) is 5.53. The van der Waals surface area contributed by atoms with Crippen molar-refractivity contribution < 1.29 is 0 Å². The molecule has 1 heterocycles. The van der Waals surface area contributed by atoms with E-state index in [0.29, 0.717) is 0 Å². The lowest BCUT2D eigenvalue weighted by Gasteiger charge is -2.24. The van der Waals surface area contributed by atoms with Crippen molar-refractivity contribution in [1.29, 1.82) is 0 Å². The Bertz CT molecular complexity index is 1720. The van der Waals surface area contributed by atoms with E-state index in [4.69, 9.17) is 0 Å². The summed E-state index contributed by atoms with van der Waals surface area (Å²) in [7, 11) is 0. The topological polar surface area (TPSA) is 4.93 Å². The maximum atomic E-state index is 2.51. The standard InChI is InChI=1S/C36H33N/c1-24-20-29(36(3,4)5)21-25(2)34(24)37-33-19-13-12-18-30(33)32-23-28(26-14-8-6-9-15-26)22-31(35(32)37)27-16-10-7-11-17-27/h6-23H,1-5H3. The lowest BCUT2D eigenvalue weighted by Crippen LogP contribution is -2.13. The maximum Gasteiger partial charge on any atom is 0.0620 e. The summed E-state index contributed by atoms with van der Waals surface area (Å²) in [5.74, 6) is 0. The molecule has 0 aliphatic carbocycles. The van der Waals surface area contributed by atoms with Gasteiger partial charge in [-0.1, -0.05) is 112 Å². The van der Waals surface area contributed by atoms with Crippen LogP contribution >= 0.6 is 0 Å². The zero-order valence-electron chi connectivity index (χ0n) is 22.3. The first-order chi connectivity index (χ1) is 17.8. The molecular weight excluding hydrogens is 446 g/mol. The van der Waals surface area contributed by atoms with E-state index in [1.807, 2.05) is 0 Å². The molecule has 0 saturated heterocycles. The van der Waals surface area contributed by atoms with Crippen molar-refractivity contribution in [2.45, 2.75) is 40.0 Å². The number of aromatic nitrogens is 1. The van der Waals surface area contributed by atoms with Gasteiger partial charge in [-0.25, -0.2) is 0 Å². The van der Waals surface area contributed by atoms with Crippen molar-refractivity contribution in [3.05, 3.63) is 126 Å². The predicted molar refractivity (Wildman–Crippen MR) is 160 cm³/mol. The SMILES string of the molecule is Cc1cc(C(C)(C)C)cc(C)c1-n1c2ccccc2c2cc(-c3ccccc3)cc(-c3ccccc3)c21. The molecule has 0 amide bonds. The zero-order chi connectivity index (χ0) is 25.7. The summed E-state index contributed by atoms with van der Waals surface area (Å²) in [5, 5.41) is 2.57. The molecule has 37 heavy (non-hydrogen) atoms. The normalized spacial score (nSPS) is 11.9. The lowest BCUT2D eigenvalue weighted by molar-refractivity contribution is 0.589. The van der Waals surface area contributed by atoms with Gasteiger partial charge in [-0.15, -0.1) is 0 Å². The number of fused-ring (bicyclic) bond motifs is 3. The van der Waals surface area contributed by atoms with Crippen LogP contribution in [0, 0.1) is 13.8 Å². The third-order valence-corrected chi connectivity index (χ3v) is 7.54. The van der Waals surface area contributed by atoms with Gasteiger partial charge in [-0.3, -0.25) is 0 Å². The molecular formula is C36H33N. The number of hydrogen-bond acceptors (Lipinski definition) is 0. The molecule has 0 aliphatic rings. The number of aryl methyl sites for hydroxylation is 2. The second kappa shape index (κ2) is 8.78. The largest absolute Gasteiger partial charge is 0.308 e. The molecule has 0 saturated carbocycles. The summed E-state index contributed by atoms with van der Waals surface area (Å²) in [4.78, 5) is 0. The second-order valence-corrected chi connectivity index (χ2v) is 11.2. The molecule has 0 unspecified atom stereocenters. The van der Waals surface area contributed by atoms with Crippen LogP contribution in [0.3, 0.4) is 0 Å². The van der Waals surface area contributed by atoms with Crippen LogP contribution in [0.1, 0.15) is 37.5 Å². The van der Waals surface area contributed by atoms with Gasteiger partial charge in [-0.2, -0.15) is 0 Å². The van der Waals surface area contributed by atoms with Crippen LogP contribution in [0.2, 0.25) is 0 Å². The van der Waals surface area contributed by atoms with Gasteiger partial charge >= 0.3 is 0 Å². The Morgan fingerprint density at radius 3 is 1.73 bits per heavy atom. The average Bonchev–Trinajstić information content (AvgIpc) is 3.22. The Hall–Kier alpha value is -4.10. The molecule has 0 N–H and O–H groups in total. The number of benzene rings is 5. The molecule has 5 aromatic carbocycles. The summed E-state index contributed by atoms with van der Waals surface area (Å²) in [6.07, 6.45) is 0. The van der Waals surface area contributed by atoms with Crippen LogP contribution in [-0.2, 0) is 5.41 Å². The quantitative estimate of drug-likeness (QED) is 0.238. The first kappa shape index (κ1) is 23.3. The Labute approximate surface area is 220 Å². The van der Waals surface area contributed by atoms with E-state index in [0.717, 1.165) is 0 Å². The molecule has 0 spiro atoms. The fourth-order valence-electron chi connectivity index (χ4n) is 5.71. The van der Waals surface area contributed by atoms with Gasteiger partial charge in [0, 0.05) is 16.3 Å². The highest BCUT2D eigenvalue weighted by atomic mass is 15.0. The van der Waals surface area contributed by atoms with E-state index in [1.54, 1.807) is 0 Å². The molecule has 0 atom stereocenters. The van der Waals surface area contributed by atoms with Gasteiger partial charge in [0.2, 0.25) is 0 Å². The molecule has 182 valence electrons. The van der Waals surface area contributed by atoms with Crippen LogP contribution in [0.25, 0.3) is 49.7 Å². The number of hydrogen-bond donors (Lipinski definition) is 0. The molecule has 0 radical (unpaired) electrons. The van der Waals surface area contributed by atoms with Crippen molar-refractivity contribution in [3.63, 3.8) is 0 Å². The highest BCUT2D eigenvalue weighted by Gasteiger charge is 2.22. The molecule has 0 bridgehead atoms. The second-order valence-electron chi connectivity index (χ2n) is 11.2. The van der Waals surface area contributed by atoms with Crippen molar-refractivity contribution in [2.75, 3.05) is 0 Å². The average molecular weight is 480 g/mol. The summed E-state index contributed by atoms with van der Waals surface area (Å²) in [5.41, 5.74) is 12.9. The van der Waals surface area contributed by atoms with E-state index in [-0.39, 0.29) is 5.41 Å².